The molecule has 4 aromatic rings. The number of amides is 2. The van der Waals surface area contributed by atoms with Crippen molar-refractivity contribution >= 4 is 11.7 Å². The molecule has 41 heavy (non-hydrogen) atoms. The Morgan fingerprint density at radius 1 is 1.00 bits per heavy atom. The van der Waals surface area contributed by atoms with Crippen LogP contribution >= 0.6 is 0 Å². The first-order valence-corrected chi connectivity index (χ1v) is 13.9. The number of aryl methyl sites for hydroxylation is 2. The van der Waals surface area contributed by atoms with E-state index in [0.29, 0.717) is 25.2 Å². The summed E-state index contributed by atoms with van der Waals surface area (Å²) in [5.74, 6) is 0. The Morgan fingerprint density at radius 3 is 2.27 bits per heavy atom. The van der Waals surface area contributed by atoms with Crippen molar-refractivity contribution in [3.63, 3.8) is 0 Å². The fourth-order valence-electron chi connectivity index (χ4n) is 5.84. The molecule has 214 valence electrons. The summed E-state index contributed by atoms with van der Waals surface area (Å²) in [7, 11) is 0. The number of urea groups is 1. The van der Waals surface area contributed by atoms with Crippen molar-refractivity contribution in [2.45, 2.75) is 58.8 Å². The number of aromatic nitrogens is 2. The molecule has 5 rings (SSSR count). The van der Waals surface area contributed by atoms with Gasteiger partial charge in [-0.25, -0.2) is 9.48 Å². The lowest BCUT2D eigenvalue weighted by atomic mass is 9.95. The molecule has 1 unspecified atom stereocenters. The number of nitrogens with two attached hydrogens (primary N) is 1. The van der Waals surface area contributed by atoms with Crippen molar-refractivity contribution < 1.29 is 18.0 Å². The van der Waals surface area contributed by atoms with E-state index in [2.05, 4.69) is 42.3 Å². The van der Waals surface area contributed by atoms with E-state index >= 15 is 0 Å². The minimum absolute atomic E-state index is 0.267. The first kappa shape index (κ1) is 28.4. The molecule has 1 aliphatic heterocycles. The summed E-state index contributed by atoms with van der Waals surface area (Å²) in [6.45, 7) is 7.12. The van der Waals surface area contributed by atoms with Crippen LogP contribution in [0.15, 0.2) is 66.7 Å². The first-order chi connectivity index (χ1) is 19.6. The SMILES string of the molecule is CCc1cccc(CC)c1-n1nc2c(c1-c1ccc(NC(N)=O)cc1)CN(C(C)c1ccccc1C(F)(F)F)CC2. The van der Waals surface area contributed by atoms with Gasteiger partial charge in [-0.1, -0.05) is 62.4 Å². The number of para-hydroxylation sites is 1. The van der Waals surface area contributed by atoms with E-state index in [0.717, 1.165) is 47.1 Å². The van der Waals surface area contributed by atoms with Crippen LogP contribution in [0.1, 0.15) is 60.3 Å². The molecule has 0 bridgehead atoms. The zero-order valence-electron chi connectivity index (χ0n) is 23.4. The minimum Gasteiger partial charge on any atom is -0.351 e. The average Bonchev–Trinajstić information content (AvgIpc) is 3.34. The van der Waals surface area contributed by atoms with Crippen molar-refractivity contribution in [2.24, 2.45) is 5.73 Å². The van der Waals surface area contributed by atoms with Crippen LogP contribution in [0.4, 0.5) is 23.7 Å². The van der Waals surface area contributed by atoms with Gasteiger partial charge in [0, 0.05) is 42.4 Å². The van der Waals surface area contributed by atoms with E-state index in [1.54, 1.807) is 24.3 Å². The maximum Gasteiger partial charge on any atom is 0.416 e. The molecular weight excluding hydrogens is 527 g/mol. The Kier molecular flexibility index (Phi) is 7.91. The third-order valence-corrected chi connectivity index (χ3v) is 7.93. The molecule has 6 nitrogen and oxygen atoms in total. The Bertz CT molecular complexity index is 1540. The van der Waals surface area contributed by atoms with Gasteiger partial charge in [0.25, 0.3) is 0 Å². The van der Waals surface area contributed by atoms with Crippen LogP contribution in [-0.4, -0.2) is 27.3 Å². The highest BCUT2D eigenvalue weighted by Gasteiger charge is 2.36. The lowest BCUT2D eigenvalue weighted by Crippen LogP contribution is -2.33. The van der Waals surface area contributed by atoms with E-state index in [-0.39, 0.29) is 5.56 Å². The first-order valence-electron chi connectivity index (χ1n) is 13.9. The van der Waals surface area contributed by atoms with Crippen LogP contribution in [-0.2, 0) is 32.0 Å². The molecule has 0 aliphatic carbocycles. The topological polar surface area (TPSA) is 76.2 Å². The molecule has 2 amide bonds. The van der Waals surface area contributed by atoms with Crippen molar-refractivity contribution in [1.82, 2.24) is 14.7 Å². The standard InChI is InChI=1S/C32H34F3N5O/c1-4-21-9-8-10-22(5-2)29(21)40-30(23-13-15-24(16-14-23)37-31(36)41)26-19-39(18-17-28(26)38-40)20(3)25-11-6-7-12-27(25)32(33,34)35/h6-16,20H,4-5,17-19H2,1-3H3,(H3,36,37,41). The van der Waals surface area contributed by atoms with Crippen molar-refractivity contribution in [3.05, 3.63) is 100 Å². The largest absolute Gasteiger partial charge is 0.416 e. The van der Waals surface area contributed by atoms with E-state index < -0.39 is 23.8 Å². The zero-order valence-corrected chi connectivity index (χ0v) is 23.4. The molecule has 0 fully saturated rings. The highest BCUT2D eigenvalue weighted by molar-refractivity contribution is 5.88. The molecule has 1 aliphatic rings. The van der Waals surface area contributed by atoms with E-state index in [9.17, 15) is 18.0 Å². The van der Waals surface area contributed by atoms with Crippen LogP contribution in [0, 0.1) is 0 Å². The number of anilines is 1. The van der Waals surface area contributed by atoms with Crippen molar-refractivity contribution in [3.8, 4) is 16.9 Å². The summed E-state index contributed by atoms with van der Waals surface area (Å²) < 4.78 is 43.7. The van der Waals surface area contributed by atoms with E-state index in [1.807, 2.05) is 23.7 Å². The molecule has 0 saturated carbocycles. The number of nitrogens with one attached hydrogen (secondary N) is 1. The number of carbonyl (C=O) groups excluding carboxylic acids is 1. The zero-order chi connectivity index (χ0) is 29.3. The molecule has 0 saturated heterocycles. The summed E-state index contributed by atoms with van der Waals surface area (Å²) in [6, 6.07) is 18.4. The summed E-state index contributed by atoms with van der Waals surface area (Å²) in [5, 5.41) is 7.73. The van der Waals surface area contributed by atoms with E-state index in [4.69, 9.17) is 10.8 Å². The van der Waals surface area contributed by atoms with Crippen LogP contribution < -0.4 is 11.1 Å². The second-order valence-electron chi connectivity index (χ2n) is 10.4. The van der Waals surface area contributed by atoms with Gasteiger partial charge in [0.15, 0.2) is 0 Å². The fourth-order valence-corrected chi connectivity index (χ4v) is 5.84. The number of fused-ring (bicyclic) bond motifs is 1. The molecule has 3 aromatic carbocycles. The van der Waals surface area contributed by atoms with Crippen LogP contribution in [0.25, 0.3) is 16.9 Å². The predicted octanol–water partition coefficient (Wildman–Crippen LogP) is 7.29. The molecule has 9 heteroatoms. The number of benzene rings is 3. The predicted molar refractivity (Wildman–Crippen MR) is 155 cm³/mol. The Balaban J connectivity index is 1.64. The van der Waals surface area contributed by atoms with Crippen molar-refractivity contribution in [2.75, 3.05) is 11.9 Å². The number of primary amides is 1. The van der Waals surface area contributed by atoms with Crippen LogP contribution in [0.5, 0.6) is 0 Å². The van der Waals surface area contributed by atoms with Gasteiger partial charge in [0.2, 0.25) is 0 Å². The maximum absolute atomic E-state index is 13.9. The highest BCUT2D eigenvalue weighted by Crippen LogP contribution is 2.40. The number of rotatable bonds is 7. The van der Waals surface area contributed by atoms with Gasteiger partial charge in [-0.15, -0.1) is 0 Å². The third-order valence-electron chi connectivity index (χ3n) is 7.93. The molecule has 0 radical (unpaired) electrons. The summed E-state index contributed by atoms with van der Waals surface area (Å²) in [5.41, 5.74) is 12.7. The Labute approximate surface area is 238 Å². The van der Waals surface area contributed by atoms with Gasteiger partial charge in [-0.05, 0) is 54.7 Å². The smallest absolute Gasteiger partial charge is 0.351 e. The lowest BCUT2D eigenvalue weighted by molar-refractivity contribution is -0.138. The summed E-state index contributed by atoms with van der Waals surface area (Å²) >= 11 is 0. The lowest BCUT2D eigenvalue weighted by Gasteiger charge is -2.33. The average molecular weight is 562 g/mol. The number of hydrogen-bond acceptors (Lipinski definition) is 3. The molecule has 0 spiro atoms. The second kappa shape index (κ2) is 11.4. The normalized spacial score (nSPS) is 14.5. The van der Waals surface area contributed by atoms with Gasteiger partial charge in [-0.2, -0.15) is 18.3 Å². The number of hydrogen-bond donors (Lipinski definition) is 2. The van der Waals surface area contributed by atoms with Gasteiger partial charge in [0.05, 0.1) is 22.6 Å². The van der Waals surface area contributed by atoms with Gasteiger partial charge in [-0.3, -0.25) is 4.90 Å². The Morgan fingerprint density at radius 2 is 1.66 bits per heavy atom. The summed E-state index contributed by atoms with van der Waals surface area (Å²) in [6.07, 6.45) is -2.16. The van der Waals surface area contributed by atoms with Gasteiger partial charge >= 0.3 is 12.2 Å². The number of halogens is 3. The third kappa shape index (κ3) is 5.59. The van der Waals surface area contributed by atoms with Crippen LogP contribution in [0.2, 0.25) is 0 Å². The maximum atomic E-state index is 13.9. The molecular formula is C32H34F3N5O. The van der Waals surface area contributed by atoms with Crippen molar-refractivity contribution in [1.29, 1.82) is 0 Å². The number of nitrogens with zero attached hydrogens (tertiary/aromatic N) is 3. The molecule has 1 atom stereocenters. The molecule has 3 N–H and O–H groups in total. The quantitative estimate of drug-likeness (QED) is 0.249. The second-order valence-corrected chi connectivity index (χ2v) is 10.4. The van der Waals surface area contributed by atoms with Gasteiger partial charge in [0.1, 0.15) is 0 Å². The molecule has 2 heterocycles. The fraction of sp³-hybridized carbons (Fsp3) is 0.312. The number of carbonyl (C=O) groups is 1. The Hall–Kier alpha value is -4.11. The monoisotopic (exact) mass is 561 g/mol. The molecule has 1 aromatic heterocycles. The minimum atomic E-state index is -4.43. The summed E-state index contributed by atoms with van der Waals surface area (Å²) in [4.78, 5) is 13.5. The highest BCUT2D eigenvalue weighted by atomic mass is 19.4. The number of alkyl halides is 3. The van der Waals surface area contributed by atoms with E-state index in [1.165, 1.54) is 17.2 Å². The van der Waals surface area contributed by atoms with Crippen LogP contribution in [0.3, 0.4) is 0 Å². The van der Waals surface area contributed by atoms with Gasteiger partial charge < -0.3 is 11.1 Å².